The van der Waals surface area contributed by atoms with Crippen LogP contribution in [0.25, 0.3) is 10.9 Å². The van der Waals surface area contributed by atoms with Crippen LogP contribution in [0.1, 0.15) is 5.56 Å². The van der Waals surface area contributed by atoms with Gasteiger partial charge in [-0.25, -0.2) is 4.98 Å². The molecular formula is C12H10ClNO2S. The van der Waals surface area contributed by atoms with Gasteiger partial charge in [0.2, 0.25) is 0 Å². The van der Waals surface area contributed by atoms with Crippen LogP contribution in [-0.2, 0) is 4.79 Å². The number of para-hydroxylation sites is 1. The molecule has 0 atom stereocenters. The number of fused-ring (bicyclic) bond motifs is 1. The first kappa shape index (κ1) is 12.2. The molecule has 88 valence electrons. The van der Waals surface area contributed by atoms with Gasteiger partial charge in [0.05, 0.1) is 21.3 Å². The minimum Gasteiger partial charge on any atom is -0.481 e. The van der Waals surface area contributed by atoms with Crippen LogP contribution in [0.4, 0.5) is 0 Å². The summed E-state index contributed by atoms with van der Waals surface area (Å²) in [5.41, 5.74) is 1.77. The smallest absolute Gasteiger partial charge is 0.313 e. The van der Waals surface area contributed by atoms with Gasteiger partial charge in [0.25, 0.3) is 0 Å². The number of aryl methyl sites for hydroxylation is 1. The summed E-state index contributed by atoms with van der Waals surface area (Å²) in [5, 5.41) is 10.9. The standard InChI is InChI=1S/C12H10ClNO2S/c1-7-5-10(17-6-11(15)16)14-12-8(7)3-2-4-9(12)13/h2-5H,6H2,1H3,(H,15,16). The first-order chi connectivity index (χ1) is 8.08. The number of pyridine rings is 1. The maximum atomic E-state index is 10.5. The zero-order chi connectivity index (χ0) is 12.4. The molecule has 0 aliphatic carbocycles. The monoisotopic (exact) mass is 267 g/mol. The fourth-order valence-corrected chi connectivity index (χ4v) is 2.47. The number of halogens is 1. The van der Waals surface area contributed by atoms with E-state index < -0.39 is 5.97 Å². The minimum atomic E-state index is -0.853. The van der Waals surface area contributed by atoms with Crippen LogP contribution in [0.15, 0.2) is 29.3 Å². The van der Waals surface area contributed by atoms with Crippen molar-refractivity contribution in [2.45, 2.75) is 11.9 Å². The van der Waals surface area contributed by atoms with Crippen molar-refractivity contribution < 1.29 is 9.90 Å². The fraction of sp³-hybridized carbons (Fsp3) is 0.167. The highest BCUT2D eigenvalue weighted by Crippen LogP contribution is 2.27. The van der Waals surface area contributed by atoms with Crippen LogP contribution in [0.5, 0.6) is 0 Å². The molecule has 3 nitrogen and oxygen atoms in total. The molecule has 17 heavy (non-hydrogen) atoms. The van der Waals surface area contributed by atoms with E-state index in [9.17, 15) is 4.79 Å². The number of hydrogen-bond donors (Lipinski definition) is 1. The van der Waals surface area contributed by atoms with Gasteiger partial charge in [0.1, 0.15) is 0 Å². The predicted octanol–water partition coefficient (Wildman–Crippen LogP) is 3.37. The first-order valence-electron chi connectivity index (χ1n) is 4.98. The molecule has 0 saturated heterocycles. The molecule has 0 unspecified atom stereocenters. The summed E-state index contributed by atoms with van der Waals surface area (Å²) in [5.74, 6) is -0.851. The lowest BCUT2D eigenvalue weighted by Gasteiger charge is -2.06. The average Bonchev–Trinajstić information content (AvgIpc) is 2.28. The lowest BCUT2D eigenvalue weighted by atomic mass is 10.1. The van der Waals surface area contributed by atoms with Gasteiger partial charge >= 0.3 is 5.97 Å². The quantitative estimate of drug-likeness (QED) is 0.867. The number of carbonyl (C=O) groups is 1. The predicted molar refractivity (Wildman–Crippen MR) is 69.8 cm³/mol. The zero-order valence-electron chi connectivity index (χ0n) is 9.11. The summed E-state index contributed by atoms with van der Waals surface area (Å²) in [4.78, 5) is 14.9. The number of nitrogens with zero attached hydrogens (tertiary/aromatic N) is 1. The summed E-state index contributed by atoms with van der Waals surface area (Å²) in [6.07, 6.45) is 0. The molecule has 2 rings (SSSR count). The van der Waals surface area contributed by atoms with Crippen LogP contribution in [0.2, 0.25) is 5.02 Å². The number of benzene rings is 1. The Bertz CT molecular complexity index is 586. The van der Waals surface area contributed by atoms with E-state index in [-0.39, 0.29) is 5.75 Å². The number of rotatable bonds is 3. The average molecular weight is 268 g/mol. The second-order valence-corrected chi connectivity index (χ2v) is 5.00. The van der Waals surface area contributed by atoms with Gasteiger partial charge in [-0.1, -0.05) is 35.5 Å². The third-order valence-corrected chi connectivity index (χ3v) is 3.52. The normalized spacial score (nSPS) is 10.7. The van der Waals surface area contributed by atoms with Crippen molar-refractivity contribution in [1.82, 2.24) is 4.98 Å². The maximum absolute atomic E-state index is 10.5. The lowest BCUT2D eigenvalue weighted by molar-refractivity contribution is -0.133. The van der Waals surface area contributed by atoms with Crippen molar-refractivity contribution in [2.75, 3.05) is 5.75 Å². The van der Waals surface area contributed by atoms with Crippen molar-refractivity contribution in [1.29, 1.82) is 0 Å². The summed E-state index contributed by atoms with van der Waals surface area (Å²) in [6.45, 7) is 1.96. The van der Waals surface area contributed by atoms with Crippen LogP contribution in [-0.4, -0.2) is 21.8 Å². The largest absolute Gasteiger partial charge is 0.481 e. The van der Waals surface area contributed by atoms with Crippen LogP contribution >= 0.6 is 23.4 Å². The van der Waals surface area contributed by atoms with Gasteiger partial charge in [0.15, 0.2) is 0 Å². The number of hydrogen-bond acceptors (Lipinski definition) is 3. The molecule has 0 amide bonds. The van der Waals surface area contributed by atoms with E-state index in [1.165, 1.54) is 11.8 Å². The van der Waals surface area contributed by atoms with Gasteiger partial charge in [-0.3, -0.25) is 4.79 Å². The van der Waals surface area contributed by atoms with Gasteiger partial charge in [-0.15, -0.1) is 0 Å². The van der Waals surface area contributed by atoms with Gasteiger partial charge < -0.3 is 5.11 Å². The van der Waals surface area contributed by atoms with Crippen LogP contribution in [0.3, 0.4) is 0 Å². The summed E-state index contributed by atoms with van der Waals surface area (Å²) in [6, 6.07) is 7.49. The molecule has 0 saturated carbocycles. The van der Waals surface area contributed by atoms with Gasteiger partial charge in [-0.2, -0.15) is 0 Å². The fourth-order valence-electron chi connectivity index (χ4n) is 1.56. The Morgan fingerprint density at radius 3 is 3.00 bits per heavy atom. The SMILES string of the molecule is Cc1cc(SCC(=O)O)nc2c(Cl)cccc12. The van der Waals surface area contributed by atoms with E-state index in [0.29, 0.717) is 10.0 Å². The first-order valence-corrected chi connectivity index (χ1v) is 6.35. The molecule has 1 aromatic carbocycles. The van der Waals surface area contributed by atoms with E-state index in [2.05, 4.69) is 4.98 Å². The summed E-state index contributed by atoms with van der Waals surface area (Å²) < 4.78 is 0. The van der Waals surface area contributed by atoms with E-state index in [1.807, 2.05) is 25.1 Å². The van der Waals surface area contributed by atoms with Crippen molar-refractivity contribution in [3.63, 3.8) is 0 Å². The highest BCUT2D eigenvalue weighted by molar-refractivity contribution is 7.99. The Balaban J connectivity index is 2.46. The Kier molecular flexibility index (Phi) is 3.54. The lowest BCUT2D eigenvalue weighted by Crippen LogP contribution is -1.98. The minimum absolute atomic E-state index is 0.00238. The topological polar surface area (TPSA) is 50.2 Å². The van der Waals surface area contributed by atoms with Crippen molar-refractivity contribution in [2.24, 2.45) is 0 Å². The zero-order valence-corrected chi connectivity index (χ0v) is 10.7. The Morgan fingerprint density at radius 2 is 2.29 bits per heavy atom. The number of thioether (sulfide) groups is 1. The molecule has 0 aliphatic heterocycles. The Hall–Kier alpha value is -1.26. The number of aliphatic carboxylic acids is 1. The number of carboxylic acid groups (broad SMARTS) is 1. The van der Waals surface area contributed by atoms with Gasteiger partial charge in [0, 0.05) is 5.39 Å². The maximum Gasteiger partial charge on any atom is 0.313 e. The molecule has 0 bridgehead atoms. The third-order valence-electron chi connectivity index (χ3n) is 2.32. The van der Waals surface area contributed by atoms with E-state index in [1.54, 1.807) is 6.07 Å². The summed E-state index contributed by atoms with van der Waals surface area (Å²) in [7, 11) is 0. The molecule has 1 heterocycles. The molecular weight excluding hydrogens is 258 g/mol. The highest BCUT2D eigenvalue weighted by Gasteiger charge is 2.07. The molecule has 1 aromatic heterocycles. The molecule has 2 aromatic rings. The van der Waals surface area contributed by atoms with Crippen LogP contribution in [0, 0.1) is 6.92 Å². The van der Waals surface area contributed by atoms with Crippen molar-refractivity contribution >= 4 is 40.2 Å². The molecule has 5 heteroatoms. The molecule has 0 spiro atoms. The molecule has 0 fully saturated rings. The summed E-state index contributed by atoms with van der Waals surface area (Å²) >= 11 is 7.27. The van der Waals surface area contributed by atoms with E-state index in [4.69, 9.17) is 16.7 Å². The molecule has 0 radical (unpaired) electrons. The third kappa shape index (κ3) is 2.70. The number of carboxylic acids is 1. The van der Waals surface area contributed by atoms with E-state index in [0.717, 1.165) is 16.5 Å². The Morgan fingerprint density at radius 1 is 1.53 bits per heavy atom. The second kappa shape index (κ2) is 4.94. The second-order valence-electron chi connectivity index (χ2n) is 3.60. The van der Waals surface area contributed by atoms with Crippen molar-refractivity contribution in [3.8, 4) is 0 Å². The van der Waals surface area contributed by atoms with Crippen LogP contribution < -0.4 is 0 Å². The van der Waals surface area contributed by atoms with Gasteiger partial charge in [-0.05, 0) is 24.6 Å². The van der Waals surface area contributed by atoms with E-state index >= 15 is 0 Å². The molecule has 0 aliphatic rings. The molecule has 1 N–H and O–H groups in total. The number of aromatic nitrogens is 1. The van der Waals surface area contributed by atoms with Crippen molar-refractivity contribution in [3.05, 3.63) is 34.9 Å². The Labute approximate surface area is 108 Å². The highest BCUT2D eigenvalue weighted by atomic mass is 35.5.